The van der Waals surface area contributed by atoms with E-state index in [-0.39, 0.29) is 29.2 Å². The molecule has 1 aromatic heterocycles. The smallest absolute Gasteiger partial charge is 0.416 e. The van der Waals surface area contributed by atoms with Crippen LogP contribution in [0.5, 0.6) is 0 Å². The Labute approximate surface area is 182 Å². The molecular formula is C21H23ClF3N3O3. The molecule has 31 heavy (non-hydrogen) atoms. The Balaban J connectivity index is 1.56. The van der Waals surface area contributed by atoms with Crippen LogP contribution in [0.3, 0.4) is 0 Å². The molecule has 1 amide bonds. The zero-order valence-corrected chi connectivity index (χ0v) is 17.7. The zero-order chi connectivity index (χ0) is 22.6. The third kappa shape index (κ3) is 5.78. The van der Waals surface area contributed by atoms with Gasteiger partial charge in [0.05, 0.1) is 22.8 Å². The van der Waals surface area contributed by atoms with Crippen LogP contribution in [-0.2, 0) is 17.5 Å². The van der Waals surface area contributed by atoms with Crippen LogP contribution in [0.15, 0.2) is 30.5 Å². The molecule has 1 saturated carbocycles. The van der Waals surface area contributed by atoms with Crippen molar-refractivity contribution < 1.29 is 27.5 Å². The van der Waals surface area contributed by atoms with Gasteiger partial charge in [0.15, 0.2) is 0 Å². The molecule has 10 heteroatoms. The fourth-order valence-corrected chi connectivity index (χ4v) is 3.93. The van der Waals surface area contributed by atoms with Crippen molar-refractivity contribution in [1.82, 2.24) is 15.1 Å². The first kappa shape index (κ1) is 23.1. The summed E-state index contributed by atoms with van der Waals surface area (Å²) in [5.74, 6) is -0.770. The molecule has 2 aromatic rings. The number of halogens is 4. The Bertz CT molecular complexity index is 937. The van der Waals surface area contributed by atoms with Gasteiger partial charge < -0.3 is 10.1 Å². The van der Waals surface area contributed by atoms with E-state index in [0.29, 0.717) is 25.1 Å². The molecule has 1 aliphatic rings. The topological polar surface area (TPSA) is 73.2 Å². The Morgan fingerprint density at radius 3 is 2.58 bits per heavy atom. The van der Waals surface area contributed by atoms with E-state index in [1.165, 1.54) is 0 Å². The van der Waals surface area contributed by atoms with Crippen molar-refractivity contribution in [2.45, 2.75) is 51.4 Å². The summed E-state index contributed by atoms with van der Waals surface area (Å²) in [5.41, 5.74) is -0.701. The van der Waals surface area contributed by atoms with Crippen LogP contribution in [0.2, 0.25) is 5.02 Å². The quantitative estimate of drug-likeness (QED) is 0.637. The fraction of sp³-hybridized carbons (Fsp3) is 0.476. The van der Waals surface area contributed by atoms with E-state index in [1.807, 2.05) is 0 Å². The maximum atomic E-state index is 12.9. The van der Waals surface area contributed by atoms with Gasteiger partial charge in [0.1, 0.15) is 5.69 Å². The average molecular weight is 458 g/mol. The molecule has 0 bridgehead atoms. The van der Waals surface area contributed by atoms with Gasteiger partial charge in [-0.1, -0.05) is 11.6 Å². The van der Waals surface area contributed by atoms with E-state index >= 15 is 0 Å². The number of nitrogens with one attached hydrogen (secondary N) is 1. The minimum absolute atomic E-state index is 0.0237. The summed E-state index contributed by atoms with van der Waals surface area (Å²) in [7, 11) is 0. The van der Waals surface area contributed by atoms with E-state index < -0.39 is 23.6 Å². The van der Waals surface area contributed by atoms with Crippen molar-refractivity contribution >= 4 is 23.5 Å². The first-order valence-corrected chi connectivity index (χ1v) is 10.4. The maximum absolute atomic E-state index is 12.9. The monoisotopic (exact) mass is 457 g/mol. The van der Waals surface area contributed by atoms with Crippen molar-refractivity contribution in [3.63, 3.8) is 0 Å². The lowest BCUT2D eigenvalue weighted by Gasteiger charge is -2.29. The molecular weight excluding hydrogens is 435 g/mol. The molecule has 0 radical (unpaired) electrons. The van der Waals surface area contributed by atoms with E-state index in [9.17, 15) is 22.8 Å². The second-order valence-corrected chi connectivity index (χ2v) is 7.91. The summed E-state index contributed by atoms with van der Waals surface area (Å²) < 4.78 is 45.5. The Morgan fingerprint density at radius 2 is 1.94 bits per heavy atom. The molecule has 0 atom stereocenters. The highest BCUT2D eigenvalue weighted by Gasteiger charge is 2.32. The van der Waals surface area contributed by atoms with Crippen molar-refractivity contribution in [2.75, 3.05) is 6.61 Å². The first-order valence-electron chi connectivity index (χ1n) is 10.1. The molecule has 0 aliphatic heterocycles. The van der Waals surface area contributed by atoms with Crippen LogP contribution in [-0.4, -0.2) is 34.3 Å². The molecule has 0 spiro atoms. The predicted octanol–water partition coefficient (Wildman–Crippen LogP) is 4.72. The highest BCUT2D eigenvalue weighted by Crippen LogP contribution is 2.32. The summed E-state index contributed by atoms with van der Waals surface area (Å²) in [4.78, 5) is 24.5. The number of esters is 1. The number of rotatable bonds is 6. The molecule has 3 rings (SSSR count). The van der Waals surface area contributed by atoms with Gasteiger partial charge in [0.25, 0.3) is 5.91 Å². The summed E-state index contributed by atoms with van der Waals surface area (Å²) in [5, 5.41) is 6.97. The van der Waals surface area contributed by atoms with Crippen LogP contribution in [0.25, 0.3) is 0 Å². The van der Waals surface area contributed by atoms with Gasteiger partial charge in [-0.3, -0.25) is 9.48 Å². The van der Waals surface area contributed by atoms with Gasteiger partial charge in [-0.25, -0.2) is 4.79 Å². The first-order chi connectivity index (χ1) is 14.7. The number of alkyl halides is 3. The second-order valence-electron chi connectivity index (χ2n) is 7.50. The van der Waals surface area contributed by atoms with E-state index in [4.69, 9.17) is 16.3 Å². The van der Waals surface area contributed by atoms with Crippen molar-refractivity contribution in [3.05, 3.63) is 52.3 Å². The largest absolute Gasteiger partial charge is 0.461 e. The highest BCUT2D eigenvalue weighted by molar-refractivity contribution is 6.33. The lowest BCUT2D eigenvalue weighted by atomic mass is 9.86. The van der Waals surface area contributed by atoms with Crippen LogP contribution in [0.4, 0.5) is 13.2 Å². The van der Waals surface area contributed by atoms with E-state index in [1.54, 1.807) is 23.9 Å². The summed E-state index contributed by atoms with van der Waals surface area (Å²) in [6.45, 7) is 2.58. The summed E-state index contributed by atoms with van der Waals surface area (Å²) in [6, 6.07) is 4.17. The molecule has 1 aromatic carbocycles. The Kier molecular flexibility index (Phi) is 7.25. The van der Waals surface area contributed by atoms with E-state index in [2.05, 4.69) is 10.4 Å². The van der Waals surface area contributed by atoms with Gasteiger partial charge in [-0.2, -0.15) is 18.3 Å². The molecule has 6 nitrogen and oxygen atoms in total. The van der Waals surface area contributed by atoms with Gasteiger partial charge in [0.2, 0.25) is 0 Å². The fourth-order valence-electron chi connectivity index (χ4n) is 3.73. The molecule has 0 unspecified atom stereocenters. The lowest BCUT2D eigenvalue weighted by molar-refractivity contribution is -0.137. The van der Waals surface area contributed by atoms with Crippen LogP contribution in [0.1, 0.15) is 59.0 Å². The maximum Gasteiger partial charge on any atom is 0.416 e. The Morgan fingerprint density at radius 1 is 1.23 bits per heavy atom. The molecule has 1 N–H and O–H groups in total. The summed E-state index contributed by atoms with van der Waals surface area (Å²) in [6.07, 6.45) is -0.0950. The number of hydrogen-bond acceptors (Lipinski definition) is 4. The number of carbonyl (C=O) groups excluding carboxylic acids is 2. The van der Waals surface area contributed by atoms with Crippen LogP contribution in [0, 0.1) is 5.92 Å². The highest BCUT2D eigenvalue weighted by atomic mass is 35.5. The standard InChI is InChI=1S/C21H23ClF3N3O3/c1-2-31-20(30)18-9-10-26-28(18)12-13-3-6-15(7-4-13)27-19(29)16-11-14(21(23,24)25)5-8-17(16)22/h5,8-11,13,15H,2-4,6-7,12H2,1H3,(H,27,29). The third-order valence-corrected chi connectivity index (χ3v) is 5.68. The van der Waals surface area contributed by atoms with Gasteiger partial charge in [-0.05, 0) is 62.8 Å². The van der Waals surface area contributed by atoms with Gasteiger partial charge in [0, 0.05) is 18.8 Å². The van der Waals surface area contributed by atoms with Crippen molar-refractivity contribution in [2.24, 2.45) is 5.92 Å². The van der Waals surface area contributed by atoms with Crippen molar-refractivity contribution in [3.8, 4) is 0 Å². The average Bonchev–Trinajstić information content (AvgIpc) is 3.17. The third-order valence-electron chi connectivity index (χ3n) is 5.35. The van der Waals surface area contributed by atoms with Crippen LogP contribution < -0.4 is 5.32 Å². The number of carbonyl (C=O) groups is 2. The molecule has 1 aliphatic carbocycles. The summed E-state index contributed by atoms with van der Waals surface area (Å²) >= 11 is 5.95. The Hall–Kier alpha value is -2.55. The number of benzene rings is 1. The van der Waals surface area contributed by atoms with Crippen molar-refractivity contribution in [1.29, 1.82) is 0 Å². The minimum Gasteiger partial charge on any atom is -0.461 e. The number of amides is 1. The number of ether oxygens (including phenoxy) is 1. The normalized spacial score (nSPS) is 19.1. The predicted molar refractivity (Wildman–Crippen MR) is 108 cm³/mol. The number of aromatic nitrogens is 2. The number of nitrogens with zero attached hydrogens (tertiary/aromatic N) is 2. The second kappa shape index (κ2) is 9.72. The molecule has 168 valence electrons. The lowest BCUT2D eigenvalue weighted by Crippen LogP contribution is -2.38. The SMILES string of the molecule is CCOC(=O)c1ccnn1CC1CCC(NC(=O)c2cc(C(F)(F)F)ccc2Cl)CC1. The number of hydrogen-bond donors (Lipinski definition) is 1. The minimum atomic E-state index is -4.55. The van der Waals surface area contributed by atoms with Gasteiger partial charge >= 0.3 is 12.1 Å². The molecule has 1 heterocycles. The molecule has 0 saturated heterocycles. The van der Waals surface area contributed by atoms with E-state index in [0.717, 1.165) is 31.0 Å². The molecule has 1 fully saturated rings. The zero-order valence-electron chi connectivity index (χ0n) is 16.9. The van der Waals surface area contributed by atoms with Gasteiger partial charge in [-0.15, -0.1) is 0 Å². The van der Waals surface area contributed by atoms with Crippen LogP contribution >= 0.6 is 11.6 Å².